The molecule has 1 aromatic carbocycles. The molecule has 0 aliphatic carbocycles. The Labute approximate surface area is 104 Å². The normalized spacial score (nSPS) is 11.3. The first-order chi connectivity index (χ1) is 7.95. The molecule has 17 heavy (non-hydrogen) atoms. The molecule has 0 atom stereocenters. The van der Waals surface area contributed by atoms with Crippen LogP contribution in [-0.4, -0.2) is 12.4 Å². The lowest BCUT2D eigenvalue weighted by molar-refractivity contribution is -0.121. The van der Waals surface area contributed by atoms with Crippen LogP contribution in [-0.2, 0) is 10.2 Å². The maximum atomic E-state index is 11.5. The summed E-state index contributed by atoms with van der Waals surface area (Å²) in [6.07, 6.45) is 1.47. The molecular weight excluding hydrogens is 212 g/mol. The highest BCUT2D eigenvalue weighted by Gasteiger charge is 2.18. The molecule has 0 aromatic heterocycles. The lowest BCUT2D eigenvalue weighted by Crippen LogP contribution is -2.16. The predicted molar refractivity (Wildman–Crippen MR) is 70.6 cm³/mol. The van der Waals surface area contributed by atoms with E-state index < -0.39 is 0 Å². The molecule has 0 radical (unpaired) electrons. The van der Waals surface area contributed by atoms with Crippen LogP contribution in [0.25, 0.3) is 0 Å². The number of carbonyl (C=O) groups excluding carboxylic acids is 1. The van der Waals surface area contributed by atoms with Crippen molar-refractivity contribution in [3.05, 3.63) is 29.8 Å². The number of hydrogen-bond donors (Lipinski definition) is 0. The third-order valence-corrected chi connectivity index (χ3v) is 2.61. The zero-order valence-electron chi connectivity index (χ0n) is 11.2. The lowest BCUT2D eigenvalue weighted by atomic mass is 9.86. The smallest absolute Gasteiger partial charge is 0.170 e. The number of ketones is 1. The molecule has 0 saturated carbocycles. The molecular formula is C15H22O2. The second-order valence-electron chi connectivity index (χ2n) is 5.32. The van der Waals surface area contributed by atoms with Gasteiger partial charge in [0.05, 0.1) is 0 Å². The molecule has 0 amide bonds. The monoisotopic (exact) mass is 234 g/mol. The number of para-hydroxylation sites is 1. The van der Waals surface area contributed by atoms with Crippen LogP contribution in [0, 0.1) is 0 Å². The number of benzene rings is 1. The number of Topliss-reactive ketones (excluding diaryl/α,β-unsaturated/α-hetero) is 1. The molecule has 2 nitrogen and oxygen atoms in total. The van der Waals surface area contributed by atoms with E-state index in [1.807, 2.05) is 25.1 Å². The van der Waals surface area contributed by atoms with Crippen LogP contribution in [0.1, 0.15) is 46.1 Å². The summed E-state index contributed by atoms with van der Waals surface area (Å²) in [6.45, 7) is 8.61. The van der Waals surface area contributed by atoms with Crippen LogP contribution < -0.4 is 4.74 Å². The summed E-state index contributed by atoms with van der Waals surface area (Å²) in [7, 11) is 0. The molecule has 0 N–H and O–H groups in total. The zero-order chi connectivity index (χ0) is 12.9. The summed E-state index contributed by atoms with van der Waals surface area (Å²) in [5, 5.41) is 0. The fourth-order valence-electron chi connectivity index (χ4n) is 1.72. The van der Waals surface area contributed by atoms with Gasteiger partial charge in [-0.1, -0.05) is 45.9 Å². The Morgan fingerprint density at radius 2 is 1.88 bits per heavy atom. The van der Waals surface area contributed by atoms with Gasteiger partial charge in [0.25, 0.3) is 0 Å². The highest BCUT2D eigenvalue weighted by atomic mass is 16.5. The van der Waals surface area contributed by atoms with Crippen molar-refractivity contribution < 1.29 is 9.53 Å². The summed E-state index contributed by atoms with van der Waals surface area (Å²) >= 11 is 0. The van der Waals surface area contributed by atoms with Gasteiger partial charge in [-0.25, -0.2) is 0 Å². The molecule has 0 saturated heterocycles. The van der Waals surface area contributed by atoms with Crippen molar-refractivity contribution in [3.63, 3.8) is 0 Å². The molecule has 0 spiro atoms. The van der Waals surface area contributed by atoms with Crippen LogP contribution >= 0.6 is 0 Å². The minimum atomic E-state index is 0.0321. The molecule has 1 rings (SSSR count). The van der Waals surface area contributed by atoms with E-state index in [9.17, 15) is 4.79 Å². The summed E-state index contributed by atoms with van der Waals surface area (Å²) in [4.78, 5) is 11.5. The number of hydrogen-bond acceptors (Lipinski definition) is 2. The first-order valence-electron chi connectivity index (χ1n) is 6.19. The Balaban J connectivity index is 2.74. The van der Waals surface area contributed by atoms with Gasteiger partial charge in [0.15, 0.2) is 5.78 Å². The van der Waals surface area contributed by atoms with Crippen molar-refractivity contribution in [2.45, 2.75) is 46.0 Å². The topological polar surface area (TPSA) is 26.3 Å². The van der Waals surface area contributed by atoms with Crippen molar-refractivity contribution in [3.8, 4) is 5.75 Å². The van der Waals surface area contributed by atoms with Gasteiger partial charge in [0.1, 0.15) is 12.4 Å². The minimum absolute atomic E-state index is 0.0321. The third kappa shape index (κ3) is 4.22. The largest absolute Gasteiger partial charge is 0.486 e. The summed E-state index contributed by atoms with van der Waals surface area (Å²) in [5.41, 5.74) is 1.18. The van der Waals surface area contributed by atoms with Gasteiger partial charge in [-0.2, -0.15) is 0 Å². The van der Waals surface area contributed by atoms with Gasteiger partial charge >= 0.3 is 0 Å². The quantitative estimate of drug-likeness (QED) is 0.776. The number of carbonyl (C=O) groups is 1. The van der Waals surface area contributed by atoms with Gasteiger partial charge in [-0.15, -0.1) is 0 Å². The first-order valence-corrected chi connectivity index (χ1v) is 6.19. The molecule has 0 unspecified atom stereocenters. The van der Waals surface area contributed by atoms with Crippen LogP contribution in [0.2, 0.25) is 0 Å². The second kappa shape index (κ2) is 5.85. The number of rotatable bonds is 5. The predicted octanol–water partition coefficient (Wildman–Crippen LogP) is 3.73. The van der Waals surface area contributed by atoms with Crippen molar-refractivity contribution in [1.29, 1.82) is 0 Å². The Morgan fingerprint density at radius 3 is 2.47 bits per heavy atom. The average molecular weight is 234 g/mol. The minimum Gasteiger partial charge on any atom is -0.486 e. The highest BCUT2D eigenvalue weighted by molar-refractivity contribution is 5.79. The lowest BCUT2D eigenvalue weighted by Gasteiger charge is -2.22. The van der Waals surface area contributed by atoms with Crippen LogP contribution in [0.15, 0.2) is 24.3 Å². The Morgan fingerprint density at radius 1 is 1.24 bits per heavy atom. The molecule has 0 aliphatic rings. The third-order valence-electron chi connectivity index (χ3n) is 2.61. The maximum absolute atomic E-state index is 11.5. The molecule has 2 heteroatoms. The standard InChI is InChI=1S/C15H22O2/c1-5-8-12(16)11-17-14-10-7-6-9-13(14)15(2,3)4/h6-7,9-10H,5,8,11H2,1-4H3. The molecule has 0 bridgehead atoms. The SMILES string of the molecule is CCCC(=O)COc1ccccc1C(C)(C)C. The zero-order valence-corrected chi connectivity index (χ0v) is 11.2. The Hall–Kier alpha value is -1.31. The van der Waals surface area contributed by atoms with Gasteiger partial charge < -0.3 is 4.74 Å². The van der Waals surface area contributed by atoms with E-state index in [2.05, 4.69) is 26.8 Å². The summed E-state index contributed by atoms with van der Waals surface area (Å²) in [6, 6.07) is 7.93. The van der Waals surface area contributed by atoms with Crippen LogP contribution in [0.5, 0.6) is 5.75 Å². The molecule has 1 aromatic rings. The van der Waals surface area contributed by atoms with Crippen molar-refractivity contribution >= 4 is 5.78 Å². The highest BCUT2D eigenvalue weighted by Crippen LogP contribution is 2.30. The van der Waals surface area contributed by atoms with Gasteiger partial charge in [-0.05, 0) is 23.5 Å². The van der Waals surface area contributed by atoms with Crippen molar-refractivity contribution in [2.75, 3.05) is 6.61 Å². The van der Waals surface area contributed by atoms with Gasteiger partial charge in [-0.3, -0.25) is 4.79 Å². The van der Waals surface area contributed by atoms with E-state index in [0.29, 0.717) is 6.42 Å². The van der Waals surface area contributed by atoms with Gasteiger partial charge in [0, 0.05) is 6.42 Å². The van der Waals surface area contributed by atoms with Gasteiger partial charge in [0.2, 0.25) is 0 Å². The molecule has 0 aliphatic heterocycles. The molecule has 94 valence electrons. The molecule has 0 heterocycles. The van der Waals surface area contributed by atoms with Crippen molar-refractivity contribution in [2.24, 2.45) is 0 Å². The number of ether oxygens (including phenoxy) is 1. The van der Waals surface area contributed by atoms with Crippen molar-refractivity contribution in [1.82, 2.24) is 0 Å². The van der Waals surface area contributed by atoms with Crippen LogP contribution in [0.4, 0.5) is 0 Å². The van der Waals surface area contributed by atoms with E-state index in [1.165, 1.54) is 0 Å². The first kappa shape index (κ1) is 13.8. The van der Waals surface area contributed by atoms with E-state index in [-0.39, 0.29) is 17.8 Å². The summed E-state index contributed by atoms with van der Waals surface area (Å²) < 4.78 is 5.63. The van der Waals surface area contributed by atoms with E-state index in [1.54, 1.807) is 0 Å². The Bertz CT molecular complexity index is 375. The molecule has 0 fully saturated rings. The average Bonchev–Trinajstić information content (AvgIpc) is 2.26. The summed E-state index contributed by atoms with van der Waals surface area (Å²) in [5.74, 6) is 0.987. The fraction of sp³-hybridized carbons (Fsp3) is 0.533. The Kier molecular flexibility index (Phi) is 4.73. The van der Waals surface area contributed by atoms with E-state index >= 15 is 0 Å². The maximum Gasteiger partial charge on any atom is 0.170 e. The van der Waals surface area contributed by atoms with E-state index in [4.69, 9.17) is 4.74 Å². The second-order valence-corrected chi connectivity index (χ2v) is 5.32. The van der Waals surface area contributed by atoms with E-state index in [0.717, 1.165) is 17.7 Å². The fourth-order valence-corrected chi connectivity index (χ4v) is 1.72. The van der Waals surface area contributed by atoms with Crippen LogP contribution in [0.3, 0.4) is 0 Å².